The van der Waals surface area contributed by atoms with Crippen LogP contribution in [0.1, 0.15) is 39.7 Å². The number of aliphatic hydroxyl groups is 1. The Morgan fingerprint density at radius 2 is 1.85 bits per heavy atom. The highest BCUT2D eigenvalue weighted by Gasteiger charge is 2.45. The van der Waals surface area contributed by atoms with E-state index in [1.54, 1.807) is 13.8 Å². The summed E-state index contributed by atoms with van der Waals surface area (Å²) in [4.78, 5) is 24.5. The lowest BCUT2D eigenvalue weighted by molar-refractivity contribution is -0.304. The molecule has 150 valence electrons. The highest BCUT2D eigenvalue weighted by molar-refractivity contribution is 5.82. The smallest absolute Gasteiger partial charge is 0.249 e. The van der Waals surface area contributed by atoms with E-state index < -0.39 is 29.3 Å². The number of carbonyl (C=O) groups is 2. The van der Waals surface area contributed by atoms with Gasteiger partial charge in [0.25, 0.3) is 0 Å². The summed E-state index contributed by atoms with van der Waals surface area (Å²) in [5.41, 5.74) is 0.485. The van der Waals surface area contributed by atoms with E-state index in [0.29, 0.717) is 13.2 Å². The van der Waals surface area contributed by atoms with Crippen LogP contribution in [0, 0.1) is 5.41 Å². The highest BCUT2D eigenvalue weighted by atomic mass is 16.7. The van der Waals surface area contributed by atoms with Crippen LogP contribution in [0.2, 0.25) is 0 Å². The molecule has 1 aromatic carbocycles. The first-order valence-corrected chi connectivity index (χ1v) is 9.20. The molecular formula is C20H30N2O5. The van der Waals surface area contributed by atoms with Crippen LogP contribution in [-0.4, -0.2) is 48.1 Å². The molecule has 0 saturated carbocycles. The van der Waals surface area contributed by atoms with Crippen molar-refractivity contribution in [2.75, 3.05) is 13.2 Å². The lowest BCUT2D eigenvalue weighted by atomic mass is 9.85. The number of ether oxygens (including phenoxy) is 2. The van der Waals surface area contributed by atoms with Crippen molar-refractivity contribution in [3.8, 4) is 0 Å². The fourth-order valence-corrected chi connectivity index (χ4v) is 2.78. The van der Waals surface area contributed by atoms with Gasteiger partial charge in [-0.05, 0) is 25.8 Å². The molecule has 0 aromatic heterocycles. The van der Waals surface area contributed by atoms with E-state index in [1.807, 2.05) is 44.2 Å². The van der Waals surface area contributed by atoms with E-state index in [1.165, 1.54) is 0 Å². The summed E-state index contributed by atoms with van der Waals surface area (Å²) >= 11 is 0. The van der Waals surface area contributed by atoms with Crippen molar-refractivity contribution < 1.29 is 24.2 Å². The molecule has 0 spiro atoms. The predicted molar refractivity (Wildman–Crippen MR) is 101 cm³/mol. The molecule has 2 amide bonds. The SMILES string of the molecule is CC1(C)OCC(C)(C)[C@@H](C(=O)NCC[C@H](O)C(=O)NCc2ccccc2)O1. The van der Waals surface area contributed by atoms with Gasteiger partial charge in [-0.1, -0.05) is 44.2 Å². The van der Waals surface area contributed by atoms with E-state index in [-0.39, 0.29) is 18.9 Å². The maximum absolute atomic E-state index is 12.5. The average molecular weight is 378 g/mol. The first kappa shape index (κ1) is 21.3. The fraction of sp³-hybridized carbons (Fsp3) is 0.600. The van der Waals surface area contributed by atoms with E-state index >= 15 is 0 Å². The van der Waals surface area contributed by atoms with Crippen molar-refractivity contribution in [2.45, 2.75) is 58.7 Å². The molecule has 2 atom stereocenters. The Kier molecular flexibility index (Phi) is 6.97. The number of rotatable bonds is 7. The quantitative estimate of drug-likeness (QED) is 0.665. The number of amides is 2. The first-order chi connectivity index (χ1) is 12.6. The molecule has 7 heteroatoms. The van der Waals surface area contributed by atoms with E-state index in [4.69, 9.17) is 9.47 Å². The Morgan fingerprint density at radius 1 is 1.19 bits per heavy atom. The van der Waals surface area contributed by atoms with Crippen molar-refractivity contribution in [2.24, 2.45) is 5.41 Å². The van der Waals surface area contributed by atoms with Crippen LogP contribution in [0.25, 0.3) is 0 Å². The van der Waals surface area contributed by atoms with Gasteiger partial charge < -0.3 is 25.2 Å². The third-order valence-corrected chi connectivity index (χ3v) is 4.47. The molecule has 1 aliphatic heterocycles. The summed E-state index contributed by atoms with van der Waals surface area (Å²) in [5.74, 6) is -1.56. The van der Waals surface area contributed by atoms with Crippen molar-refractivity contribution in [3.05, 3.63) is 35.9 Å². The molecular weight excluding hydrogens is 348 g/mol. The van der Waals surface area contributed by atoms with Crippen LogP contribution >= 0.6 is 0 Å². The Balaban J connectivity index is 1.75. The molecule has 1 aliphatic rings. The molecule has 1 saturated heterocycles. The van der Waals surface area contributed by atoms with Gasteiger partial charge in [-0.2, -0.15) is 0 Å². The van der Waals surface area contributed by atoms with Crippen LogP contribution in [0.4, 0.5) is 0 Å². The van der Waals surface area contributed by atoms with Crippen LogP contribution in [0.3, 0.4) is 0 Å². The molecule has 0 aliphatic carbocycles. The van der Waals surface area contributed by atoms with Crippen molar-refractivity contribution in [3.63, 3.8) is 0 Å². The van der Waals surface area contributed by atoms with Crippen LogP contribution in [-0.2, 0) is 25.6 Å². The van der Waals surface area contributed by atoms with E-state index in [9.17, 15) is 14.7 Å². The summed E-state index contributed by atoms with van der Waals surface area (Å²) in [5, 5.41) is 15.4. The number of carbonyl (C=O) groups excluding carboxylic acids is 2. The Bertz CT molecular complexity index is 645. The summed E-state index contributed by atoms with van der Waals surface area (Å²) in [6, 6.07) is 9.45. The maximum atomic E-state index is 12.5. The minimum absolute atomic E-state index is 0.124. The van der Waals surface area contributed by atoms with Crippen LogP contribution in [0.5, 0.6) is 0 Å². The zero-order valence-electron chi connectivity index (χ0n) is 16.5. The second-order valence-corrected chi connectivity index (χ2v) is 7.97. The van der Waals surface area contributed by atoms with E-state index in [0.717, 1.165) is 5.56 Å². The number of hydrogen-bond acceptors (Lipinski definition) is 5. The molecule has 7 nitrogen and oxygen atoms in total. The van der Waals surface area contributed by atoms with Gasteiger partial charge in [-0.25, -0.2) is 0 Å². The van der Waals surface area contributed by atoms with Crippen LogP contribution in [0.15, 0.2) is 30.3 Å². The molecule has 2 rings (SSSR count). The zero-order chi connectivity index (χ0) is 20.1. The molecule has 27 heavy (non-hydrogen) atoms. The van der Waals surface area contributed by atoms with Gasteiger partial charge in [0.05, 0.1) is 6.61 Å². The second-order valence-electron chi connectivity index (χ2n) is 7.97. The van der Waals surface area contributed by atoms with Gasteiger partial charge in [0.1, 0.15) is 12.2 Å². The summed E-state index contributed by atoms with van der Waals surface area (Å²) in [6.07, 6.45) is -1.72. The lowest BCUT2D eigenvalue weighted by Crippen LogP contribution is -2.56. The maximum Gasteiger partial charge on any atom is 0.249 e. The molecule has 1 heterocycles. The van der Waals surface area contributed by atoms with Gasteiger partial charge in [0, 0.05) is 18.5 Å². The molecule has 3 N–H and O–H groups in total. The van der Waals surface area contributed by atoms with Crippen LogP contribution < -0.4 is 10.6 Å². The fourth-order valence-electron chi connectivity index (χ4n) is 2.78. The van der Waals surface area contributed by atoms with Crippen molar-refractivity contribution in [1.29, 1.82) is 0 Å². The molecule has 0 radical (unpaired) electrons. The Morgan fingerprint density at radius 3 is 2.52 bits per heavy atom. The third-order valence-electron chi connectivity index (χ3n) is 4.47. The summed E-state index contributed by atoms with van der Waals surface area (Å²) < 4.78 is 11.4. The molecule has 1 fully saturated rings. The van der Waals surface area contributed by atoms with Crippen molar-refractivity contribution >= 4 is 11.8 Å². The zero-order valence-corrected chi connectivity index (χ0v) is 16.5. The van der Waals surface area contributed by atoms with E-state index in [2.05, 4.69) is 10.6 Å². The number of aliphatic hydroxyl groups excluding tert-OH is 1. The average Bonchev–Trinajstić information content (AvgIpc) is 2.62. The minimum Gasteiger partial charge on any atom is -0.383 e. The van der Waals surface area contributed by atoms with Gasteiger partial charge >= 0.3 is 0 Å². The normalized spacial score (nSPS) is 21.9. The highest BCUT2D eigenvalue weighted by Crippen LogP contribution is 2.34. The number of nitrogens with one attached hydrogen (secondary N) is 2. The predicted octanol–water partition coefficient (Wildman–Crippen LogP) is 1.35. The molecule has 1 aromatic rings. The summed E-state index contributed by atoms with van der Waals surface area (Å²) in [6.45, 7) is 8.27. The monoisotopic (exact) mass is 378 g/mol. The van der Waals surface area contributed by atoms with Gasteiger partial charge in [0.2, 0.25) is 11.8 Å². The third kappa shape index (κ3) is 6.30. The summed E-state index contributed by atoms with van der Waals surface area (Å²) in [7, 11) is 0. The largest absolute Gasteiger partial charge is 0.383 e. The second kappa shape index (κ2) is 8.82. The standard InChI is InChI=1S/C20H30N2O5/c1-19(2)13-26-20(3,4)27-16(19)18(25)21-11-10-15(23)17(24)22-12-14-8-6-5-7-9-14/h5-9,15-16,23H,10-13H2,1-4H3,(H,21,25)(H,22,24)/t15-,16+/m0/s1. The van der Waals surface area contributed by atoms with Gasteiger partial charge in [0.15, 0.2) is 5.79 Å². The minimum atomic E-state index is -1.19. The Hall–Kier alpha value is -1.96. The molecule has 0 bridgehead atoms. The van der Waals surface area contributed by atoms with Gasteiger partial charge in [-0.15, -0.1) is 0 Å². The van der Waals surface area contributed by atoms with Crippen molar-refractivity contribution in [1.82, 2.24) is 10.6 Å². The number of benzene rings is 1. The Labute approximate surface area is 160 Å². The van der Waals surface area contributed by atoms with Gasteiger partial charge in [-0.3, -0.25) is 9.59 Å². The molecule has 0 unspecified atom stereocenters. The first-order valence-electron chi connectivity index (χ1n) is 9.20. The topological polar surface area (TPSA) is 96.9 Å². The number of hydrogen-bond donors (Lipinski definition) is 3. The lowest BCUT2D eigenvalue weighted by Gasteiger charge is -2.44.